The number of ether oxygens (including phenoxy) is 1. The third-order valence-corrected chi connectivity index (χ3v) is 4.33. The zero-order chi connectivity index (χ0) is 23.6. The highest BCUT2D eigenvalue weighted by Crippen LogP contribution is 2.11. The number of benzene rings is 2. The van der Waals surface area contributed by atoms with Crippen LogP contribution < -0.4 is 16.0 Å². The molecule has 2 aromatic rings. The SMILES string of the molecule is Cc1ccccc1/C=C/C(=O)NCc1ccc(NC(=O)CCNC(=O)OC(C)(C)C)cc1. The zero-order valence-corrected chi connectivity index (χ0v) is 19.0. The van der Waals surface area contributed by atoms with Gasteiger partial charge in [0, 0.05) is 31.3 Å². The van der Waals surface area contributed by atoms with Gasteiger partial charge >= 0.3 is 6.09 Å². The van der Waals surface area contributed by atoms with E-state index in [9.17, 15) is 14.4 Å². The summed E-state index contributed by atoms with van der Waals surface area (Å²) in [5.41, 5.74) is 3.08. The van der Waals surface area contributed by atoms with Gasteiger partial charge in [-0.3, -0.25) is 9.59 Å². The van der Waals surface area contributed by atoms with Crippen molar-refractivity contribution in [1.82, 2.24) is 10.6 Å². The Kier molecular flexibility index (Phi) is 9.01. The number of rotatable bonds is 8. The first kappa shape index (κ1) is 24.7. The van der Waals surface area contributed by atoms with E-state index in [-0.39, 0.29) is 24.8 Å². The highest BCUT2D eigenvalue weighted by atomic mass is 16.6. The van der Waals surface area contributed by atoms with Crippen molar-refractivity contribution in [3.8, 4) is 0 Å². The minimum Gasteiger partial charge on any atom is -0.444 e. The molecule has 7 nitrogen and oxygen atoms in total. The number of anilines is 1. The van der Waals surface area contributed by atoms with Gasteiger partial charge in [0.15, 0.2) is 0 Å². The van der Waals surface area contributed by atoms with Crippen LogP contribution in [0.15, 0.2) is 54.6 Å². The lowest BCUT2D eigenvalue weighted by Crippen LogP contribution is -2.34. The maximum Gasteiger partial charge on any atom is 0.407 e. The second-order valence-electron chi connectivity index (χ2n) is 8.33. The van der Waals surface area contributed by atoms with Gasteiger partial charge in [0.05, 0.1) is 0 Å². The highest BCUT2D eigenvalue weighted by Gasteiger charge is 2.15. The molecule has 2 rings (SSSR count). The lowest BCUT2D eigenvalue weighted by atomic mass is 10.1. The molecule has 0 aliphatic carbocycles. The summed E-state index contributed by atoms with van der Waals surface area (Å²) in [6.07, 6.45) is 2.89. The van der Waals surface area contributed by atoms with Gasteiger partial charge in [0.2, 0.25) is 11.8 Å². The molecule has 170 valence electrons. The summed E-state index contributed by atoms with van der Waals surface area (Å²) < 4.78 is 5.12. The van der Waals surface area contributed by atoms with Crippen molar-refractivity contribution in [3.63, 3.8) is 0 Å². The van der Waals surface area contributed by atoms with E-state index >= 15 is 0 Å². The maximum absolute atomic E-state index is 12.0. The van der Waals surface area contributed by atoms with Crippen LogP contribution in [0.1, 0.15) is 43.9 Å². The predicted molar refractivity (Wildman–Crippen MR) is 126 cm³/mol. The van der Waals surface area contributed by atoms with E-state index in [1.54, 1.807) is 39.0 Å². The Morgan fingerprint density at radius 1 is 0.969 bits per heavy atom. The monoisotopic (exact) mass is 437 g/mol. The molecule has 0 unspecified atom stereocenters. The van der Waals surface area contributed by atoms with E-state index in [0.717, 1.165) is 16.7 Å². The van der Waals surface area contributed by atoms with Crippen molar-refractivity contribution in [2.24, 2.45) is 0 Å². The first-order valence-corrected chi connectivity index (χ1v) is 10.5. The van der Waals surface area contributed by atoms with Gasteiger partial charge in [-0.1, -0.05) is 36.4 Å². The quantitative estimate of drug-likeness (QED) is 0.540. The van der Waals surface area contributed by atoms with Gasteiger partial charge in [-0.05, 0) is 62.6 Å². The normalized spacial score (nSPS) is 11.1. The molecule has 0 bridgehead atoms. The largest absolute Gasteiger partial charge is 0.444 e. The van der Waals surface area contributed by atoms with Crippen molar-refractivity contribution in [3.05, 3.63) is 71.3 Å². The molecule has 0 aliphatic rings. The van der Waals surface area contributed by atoms with Crippen LogP contribution in [-0.2, 0) is 20.9 Å². The highest BCUT2D eigenvalue weighted by molar-refractivity contribution is 5.92. The Morgan fingerprint density at radius 2 is 1.66 bits per heavy atom. The molecule has 0 fully saturated rings. The Morgan fingerprint density at radius 3 is 2.31 bits per heavy atom. The number of carbonyl (C=O) groups excluding carboxylic acids is 3. The fourth-order valence-electron chi connectivity index (χ4n) is 2.71. The molecular formula is C25H31N3O4. The van der Waals surface area contributed by atoms with Crippen molar-refractivity contribution < 1.29 is 19.1 Å². The molecule has 0 atom stereocenters. The summed E-state index contributed by atoms with van der Waals surface area (Å²) in [7, 11) is 0. The van der Waals surface area contributed by atoms with Crippen LogP contribution in [-0.4, -0.2) is 30.1 Å². The average molecular weight is 438 g/mol. The Balaban J connectivity index is 1.72. The van der Waals surface area contributed by atoms with Gasteiger partial charge in [-0.2, -0.15) is 0 Å². The first-order valence-electron chi connectivity index (χ1n) is 10.5. The summed E-state index contributed by atoms with van der Waals surface area (Å²) in [4.78, 5) is 35.6. The number of amides is 3. The lowest BCUT2D eigenvalue weighted by molar-refractivity contribution is -0.117. The van der Waals surface area contributed by atoms with Gasteiger partial charge < -0.3 is 20.7 Å². The number of carbonyl (C=O) groups is 3. The summed E-state index contributed by atoms with van der Waals surface area (Å²) in [6, 6.07) is 15.0. The van der Waals surface area contributed by atoms with Gasteiger partial charge in [0.1, 0.15) is 5.60 Å². The van der Waals surface area contributed by atoms with Gasteiger partial charge in [0.25, 0.3) is 0 Å². The van der Waals surface area contributed by atoms with E-state index in [2.05, 4.69) is 16.0 Å². The second kappa shape index (κ2) is 11.7. The van der Waals surface area contributed by atoms with Crippen LogP contribution >= 0.6 is 0 Å². The van der Waals surface area contributed by atoms with Crippen LogP contribution in [0.3, 0.4) is 0 Å². The Hall–Kier alpha value is -3.61. The van der Waals surface area contributed by atoms with E-state index in [1.807, 2.05) is 43.3 Å². The standard InChI is InChI=1S/C25H31N3O4/c1-18-7-5-6-8-20(18)11-14-22(29)27-17-19-9-12-21(13-10-19)28-23(30)15-16-26-24(31)32-25(2,3)4/h5-14H,15-17H2,1-4H3,(H,26,31)(H,27,29)(H,28,30)/b14-11+. The maximum atomic E-state index is 12.0. The molecule has 0 saturated heterocycles. The number of hydrogen-bond donors (Lipinski definition) is 3. The van der Waals surface area contributed by atoms with Crippen molar-refractivity contribution >= 4 is 29.7 Å². The summed E-state index contributed by atoms with van der Waals surface area (Å²) in [5.74, 6) is -0.397. The topological polar surface area (TPSA) is 96.5 Å². The smallest absolute Gasteiger partial charge is 0.407 e. The lowest BCUT2D eigenvalue weighted by Gasteiger charge is -2.19. The van der Waals surface area contributed by atoms with Crippen LogP contribution in [0.5, 0.6) is 0 Å². The molecule has 0 aromatic heterocycles. The van der Waals surface area contributed by atoms with Gasteiger partial charge in [-0.25, -0.2) is 4.79 Å². The van der Waals surface area contributed by atoms with E-state index in [4.69, 9.17) is 4.74 Å². The molecule has 7 heteroatoms. The van der Waals surface area contributed by atoms with Crippen LogP contribution in [0.2, 0.25) is 0 Å². The number of alkyl carbamates (subject to hydrolysis) is 1. The molecule has 3 amide bonds. The summed E-state index contributed by atoms with van der Waals surface area (Å²) >= 11 is 0. The third kappa shape index (κ3) is 9.47. The fourth-order valence-corrected chi connectivity index (χ4v) is 2.71. The van der Waals surface area contributed by atoms with E-state index in [1.165, 1.54) is 6.08 Å². The number of hydrogen-bond acceptors (Lipinski definition) is 4. The average Bonchev–Trinajstić information content (AvgIpc) is 2.71. The summed E-state index contributed by atoms with van der Waals surface area (Å²) in [5, 5.41) is 8.16. The second-order valence-corrected chi connectivity index (χ2v) is 8.33. The number of nitrogens with one attached hydrogen (secondary N) is 3. The molecule has 3 N–H and O–H groups in total. The van der Waals surface area contributed by atoms with Crippen molar-refractivity contribution in [1.29, 1.82) is 0 Å². The molecule has 0 radical (unpaired) electrons. The molecule has 2 aromatic carbocycles. The fraction of sp³-hybridized carbons (Fsp3) is 0.320. The molecule has 32 heavy (non-hydrogen) atoms. The van der Waals surface area contributed by atoms with Gasteiger partial charge in [-0.15, -0.1) is 0 Å². The van der Waals surface area contributed by atoms with E-state index in [0.29, 0.717) is 12.2 Å². The third-order valence-electron chi connectivity index (χ3n) is 4.33. The first-order chi connectivity index (χ1) is 15.1. The Bertz CT molecular complexity index is 960. The predicted octanol–water partition coefficient (Wildman–Crippen LogP) is 4.18. The van der Waals surface area contributed by atoms with E-state index < -0.39 is 11.7 Å². The van der Waals surface area contributed by atoms with Crippen LogP contribution in [0.25, 0.3) is 6.08 Å². The number of aryl methyl sites for hydroxylation is 1. The minimum absolute atomic E-state index is 0.129. The Labute approximate surface area is 189 Å². The molecule has 0 spiro atoms. The minimum atomic E-state index is -0.579. The molecular weight excluding hydrogens is 406 g/mol. The zero-order valence-electron chi connectivity index (χ0n) is 19.0. The van der Waals surface area contributed by atoms with Crippen LogP contribution in [0.4, 0.5) is 10.5 Å². The van der Waals surface area contributed by atoms with Crippen molar-refractivity contribution in [2.75, 3.05) is 11.9 Å². The molecule has 0 saturated carbocycles. The summed E-state index contributed by atoms with van der Waals surface area (Å²) in [6.45, 7) is 7.88. The van der Waals surface area contributed by atoms with Crippen molar-refractivity contribution in [2.45, 2.75) is 46.3 Å². The molecule has 0 heterocycles. The van der Waals surface area contributed by atoms with Crippen LogP contribution in [0, 0.1) is 6.92 Å². The molecule has 0 aliphatic heterocycles.